The van der Waals surface area contributed by atoms with E-state index in [-0.39, 0.29) is 7.53 Å². The number of hydrogen-bond acceptors (Lipinski definition) is 5. The normalized spacial score (nSPS) is 22.9. The molecule has 2 aromatic rings. The first kappa shape index (κ1) is 22.5. The quantitative estimate of drug-likeness (QED) is 0.565. The maximum Gasteiger partial charge on any atom is 0.412 e. The summed E-state index contributed by atoms with van der Waals surface area (Å²) >= 11 is 0. The van der Waals surface area contributed by atoms with Gasteiger partial charge in [-0.25, -0.2) is 4.79 Å². The van der Waals surface area contributed by atoms with Crippen LogP contribution in [0.1, 0.15) is 51.1 Å². The molecular formula is C26H37N3O3. The van der Waals surface area contributed by atoms with Crippen molar-refractivity contribution in [3.8, 4) is 5.75 Å². The van der Waals surface area contributed by atoms with Crippen LogP contribution in [0.5, 0.6) is 5.75 Å². The first-order valence-corrected chi connectivity index (χ1v) is 11.7. The fourth-order valence-corrected chi connectivity index (χ4v) is 5.25. The lowest BCUT2D eigenvalue weighted by atomic mass is 9.82. The summed E-state index contributed by atoms with van der Waals surface area (Å²) in [6.07, 6.45) is 7.24. The number of nitrogen functional groups attached to an aromatic ring is 1. The third kappa shape index (κ3) is 5.54. The molecule has 32 heavy (non-hydrogen) atoms. The topological polar surface area (TPSA) is 76.8 Å². The number of aryl methyl sites for hydroxylation is 2. The van der Waals surface area contributed by atoms with E-state index >= 15 is 0 Å². The minimum atomic E-state index is -0.395. The molecule has 0 radical (unpaired) electrons. The Bertz CT molecular complexity index is 907. The fourth-order valence-electron chi connectivity index (χ4n) is 5.25. The smallest absolute Gasteiger partial charge is 0.412 e. The monoisotopic (exact) mass is 439 g/mol. The number of piperidine rings is 2. The zero-order chi connectivity index (χ0) is 22.5. The zero-order valence-corrected chi connectivity index (χ0v) is 19.2. The average Bonchev–Trinajstić information content (AvgIpc) is 2.75. The molecule has 6 heteroatoms. The van der Waals surface area contributed by atoms with Crippen LogP contribution in [-0.4, -0.2) is 42.8 Å². The van der Waals surface area contributed by atoms with E-state index in [1.807, 2.05) is 37.3 Å². The number of fused-ring (bicyclic) bond motifs is 2. The van der Waals surface area contributed by atoms with Crippen molar-refractivity contribution < 1.29 is 15.7 Å². The number of benzene rings is 2. The van der Waals surface area contributed by atoms with Gasteiger partial charge in [-0.1, -0.05) is 24.6 Å². The van der Waals surface area contributed by atoms with Gasteiger partial charge < -0.3 is 15.2 Å². The number of ether oxygens (including phenoxy) is 2. The summed E-state index contributed by atoms with van der Waals surface area (Å²) in [7, 11) is 1.60. The molecule has 4 rings (SSSR count). The van der Waals surface area contributed by atoms with Crippen LogP contribution in [0.3, 0.4) is 0 Å². The van der Waals surface area contributed by atoms with Gasteiger partial charge in [-0.3, -0.25) is 10.2 Å². The van der Waals surface area contributed by atoms with Crippen LogP contribution in [0.25, 0.3) is 0 Å². The highest BCUT2D eigenvalue weighted by atomic mass is 16.6. The summed E-state index contributed by atoms with van der Waals surface area (Å²) in [6, 6.07) is 14.9. The van der Waals surface area contributed by atoms with Gasteiger partial charge in [0, 0.05) is 32.0 Å². The highest BCUT2D eigenvalue weighted by Gasteiger charge is 2.39. The fraction of sp³-hybridized carbons (Fsp3) is 0.500. The Morgan fingerprint density at radius 1 is 1.16 bits per heavy atom. The summed E-state index contributed by atoms with van der Waals surface area (Å²) in [5.74, 6) is 0.639. The lowest BCUT2D eigenvalue weighted by Crippen LogP contribution is -2.54. The number of carbonyl (C=O) groups excluding carboxylic acids is 1. The van der Waals surface area contributed by atoms with Gasteiger partial charge >= 0.3 is 6.09 Å². The average molecular weight is 440 g/mol. The highest BCUT2D eigenvalue weighted by molar-refractivity contribution is 5.87. The maximum atomic E-state index is 12.6. The van der Waals surface area contributed by atoms with Crippen LogP contribution in [0.4, 0.5) is 16.2 Å². The molecule has 2 saturated heterocycles. The molecule has 3 N–H and O–H groups in total. The number of nitrogens with one attached hydrogen (secondary N) is 1. The molecule has 0 spiro atoms. The molecule has 174 valence electrons. The Morgan fingerprint density at radius 3 is 2.56 bits per heavy atom. The van der Waals surface area contributed by atoms with Crippen molar-refractivity contribution in [1.29, 1.82) is 0 Å². The van der Waals surface area contributed by atoms with Gasteiger partial charge in [0.05, 0.1) is 12.8 Å². The molecule has 2 aliphatic rings. The van der Waals surface area contributed by atoms with E-state index < -0.39 is 6.09 Å². The largest absolute Gasteiger partial charge is 0.495 e. The predicted molar refractivity (Wildman–Crippen MR) is 130 cm³/mol. The van der Waals surface area contributed by atoms with Gasteiger partial charge in [-0.05, 0) is 74.5 Å². The number of carbonyl (C=O) groups is 1. The van der Waals surface area contributed by atoms with Crippen LogP contribution >= 0.6 is 0 Å². The Kier molecular flexibility index (Phi) is 7.20. The molecule has 2 unspecified atom stereocenters. The van der Waals surface area contributed by atoms with Gasteiger partial charge in [0.25, 0.3) is 0 Å². The lowest BCUT2D eigenvalue weighted by Gasteiger charge is -2.48. The summed E-state index contributed by atoms with van der Waals surface area (Å²) in [6.45, 7) is 3.08. The van der Waals surface area contributed by atoms with E-state index in [0.717, 1.165) is 43.5 Å². The Hall–Kier alpha value is -2.73. The molecule has 0 aliphatic carbocycles. The van der Waals surface area contributed by atoms with Crippen molar-refractivity contribution >= 4 is 17.5 Å². The minimum absolute atomic E-state index is 0. The second kappa shape index (κ2) is 10.3. The van der Waals surface area contributed by atoms with Crippen molar-refractivity contribution in [3.63, 3.8) is 0 Å². The van der Waals surface area contributed by atoms with E-state index in [9.17, 15) is 4.79 Å². The van der Waals surface area contributed by atoms with Crippen LogP contribution < -0.4 is 15.8 Å². The standard InChI is InChI=1S/C26H35N3O3.H2/c1-18-8-13-25(31-2)24(15-18)28-26(30)32-23-16-21-6-3-7-22(17-23)29(21)14-4-5-19-9-11-20(27)12-10-19;/h8-13,15,21-23H,3-7,14,16-17,27H2,1-2H3,(H,28,30);1H. The van der Waals surface area contributed by atoms with Crippen molar-refractivity contribution in [2.75, 3.05) is 24.7 Å². The Labute approximate surface area is 192 Å². The van der Waals surface area contributed by atoms with Crippen molar-refractivity contribution in [3.05, 3.63) is 53.6 Å². The molecular weight excluding hydrogens is 402 g/mol. The number of hydrogen-bond donors (Lipinski definition) is 2. The molecule has 2 fully saturated rings. The van der Waals surface area contributed by atoms with Gasteiger partial charge in [-0.15, -0.1) is 0 Å². The number of nitrogens with zero attached hydrogens (tertiary/aromatic N) is 1. The molecule has 0 saturated carbocycles. The second-order valence-electron chi connectivity index (χ2n) is 9.15. The molecule has 2 bridgehead atoms. The third-order valence-corrected chi connectivity index (χ3v) is 6.81. The van der Waals surface area contributed by atoms with Gasteiger partial charge in [0.2, 0.25) is 0 Å². The van der Waals surface area contributed by atoms with Crippen molar-refractivity contribution in [2.45, 2.75) is 70.1 Å². The number of anilines is 2. The summed E-state index contributed by atoms with van der Waals surface area (Å²) in [5.41, 5.74) is 9.65. The molecule has 2 aliphatic heterocycles. The Morgan fingerprint density at radius 2 is 1.88 bits per heavy atom. The molecule has 1 amide bonds. The summed E-state index contributed by atoms with van der Waals surface area (Å²) in [5, 5.41) is 2.87. The van der Waals surface area contributed by atoms with Gasteiger partial charge in [0.1, 0.15) is 11.9 Å². The van der Waals surface area contributed by atoms with Crippen LogP contribution in [-0.2, 0) is 11.2 Å². The zero-order valence-electron chi connectivity index (χ0n) is 19.2. The SMILES string of the molecule is COc1ccc(C)cc1NC(=O)OC1CC2CCCC(C1)N2CCCc1ccc(N)cc1.[HH]. The van der Waals surface area contributed by atoms with E-state index in [4.69, 9.17) is 15.2 Å². The number of methoxy groups -OCH3 is 1. The molecule has 2 aromatic carbocycles. The third-order valence-electron chi connectivity index (χ3n) is 6.81. The number of amides is 1. The van der Waals surface area contributed by atoms with Gasteiger partial charge in [0.15, 0.2) is 0 Å². The number of rotatable bonds is 7. The maximum absolute atomic E-state index is 12.6. The highest BCUT2D eigenvalue weighted by Crippen LogP contribution is 2.36. The summed E-state index contributed by atoms with van der Waals surface area (Å²) < 4.78 is 11.2. The van der Waals surface area contributed by atoms with E-state index in [2.05, 4.69) is 22.3 Å². The van der Waals surface area contributed by atoms with E-state index in [0.29, 0.717) is 23.5 Å². The van der Waals surface area contributed by atoms with Crippen molar-refractivity contribution in [1.82, 2.24) is 4.90 Å². The Balaban J connectivity index is 0.00000306. The van der Waals surface area contributed by atoms with Crippen LogP contribution in [0.15, 0.2) is 42.5 Å². The predicted octanol–water partition coefficient (Wildman–Crippen LogP) is 5.40. The molecule has 6 nitrogen and oxygen atoms in total. The first-order valence-electron chi connectivity index (χ1n) is 11.7. The molecule has 2 atom stereocenters. The second-order valence-corrected chi connectivity index (χ2v) is 9.15. The van der Waals surface area contributed by atoms with Crippen LogP contribution in [0, 0.1) is 6.92 Å². The lowest BCUT2D eigenvalue weighted by molar-refractivity contribution is -0.0305. The summed E-state index contributed by atoms with van der Waals surface area (Å²) in [4.78, 5) is 15.3. The van der Waals surface area contributed by atoms with Gasteiger partial charge in [-0.2, -0.15) is 0 Å². The van der Waals surface area contributed by atoms with E-state index in [1.54, 1.807) is 7.11 Å². The van der Waals surface area contributed by atoms with Crippen LogP contribution in [0.2, 0.25) is 0 Å². The van der Waals surface area contributed by atoms with Crippen molar-refractivity contribution in [2.24, 2.45) is 0 Å². The minimum Gasteiger partial charge on any atom is -0.495 e. The molecule has 2 heterocycles. The molecule has 0 aromatic heterocycles. The van der Waals surface area contributed by atoms with E-state index in [1.165, 1.54) is 24.8 Å². The number of nitrogens with two attached hydrogens (primary N) is 1. The first-order chi connectivity index (χ1) is 15.5.